The van der Waals surface area contributed by atoms with Crippen molar-refractivity contribution in [1.29, 1.82) is 0 Å². The fourth-order valence-corrected chi connectivity index (χ4v) is 1.40. The third kappa shape index (κ3) is 4.25. The maximum atomic E-state index is 11.3. The number of hydrogen-bond donors (Lipinski definition) is 1. The molecule has 0 bridgehead atoms. The van der Waals surface area contributed by atoms with Crippen molar-refractivity contribution in [3.05, 3.63) is 24.3 Å². The second kappa shape index (κ2) is 7.55. The van der Waals surface area contributed by atoms with Crippen LogP contribution in [0.3, 0.4) is 0 Å². The number of esters is 1. The summed E-state index contributed by atoms with van der Waals surface area (Å²) in [5.41, 5.74) is 5.65. The minimum atomic E-state index is -0.653. The van der Waals surface area contributed by atoms with Gasteiger partial charge in [-0.25, -0.2) is 0 Å². The monoisotopic (exact) mass is 253 g/mol. The normalized spacial score (nSPS) is 11.7. The molecule has 5 nitrogen and oxygen atoms in total. The lowest BCUT2D eigenvalue weighted by Crippen LogP contribution is -2.33. The van der Waals surface area contributed by atoms with Crippen LogP contribution in [0, 0.1) is 0 Å². The molecule has 0 radical (unpaired) electrons. The van der Waals surface area contributed by atoms with E-state index in [0.717, 1.165) is 0 Å². The topological polar surface area (TPSA) is 70.8 Å². The van der Waals surface area contributed by atoms with Crippen LogP contribution in [-0.2, 0) is 9.53 Å². The highest BCUT2D eigenvalue weighted by Gasteiger charge is 2.14. The molecule has 0 aliphatic heterocycles. The first-order valence-corrected chi connectivity index (χ1v) is 5.87. The first-order chi connectivity index (χ1) is 8.69. The van der Waals surface area contributed by atoms with Gasteiger partial charge in [0, 0.05) is 6.42 Å². The van der Waals surface area contributed by atoms with E-state index in [1.54, 1.807) is 26.2 Å². The maximum Gasteiger partial charge on any atom is 0.323 e. The molecule has 1 aromatic rings. The molecule has 0 aliphatic rings. The van der Waals surface area contributed by atoms with Crippen molar-refractivity contribution in [2.45, 2.75) is 19.4 Å². The summed E-state index contributed by atoms with van der Waals surface area (Å²) in [6.07, 6.45) is 0.400. The molecule has 0 aliphatic carbocycles. The van der Waals surface area contributed by atoms with Crippen molar-refractivity contribution in [2.24, 2.45) is 5.73 Å². The molecule has 0 amide bonds. The lowest BCUT2D eigenvalue weighted by molar-refractivity contribution is -0.145. The van der Waals surface area contributed by atoms with Gasteiger partial charge in [0.15, 0.2) is 11.5 Å². The predicted octanol–water partition coefficient (Wildman–Crippen LogP) is 1.35. The van der Waals surface area contributed by atoms with E-state index in [9.17, 15) is 4.79 Å². The molecule has 0 saturated carbocycles. The summed E-state index contributed by atoms with van der Waals surface area (Å²) >= 11 is 0. The molecule has 2 N–H and O–H groups in total. The highest BCUT2D eigenvalue weighted by molar-refractivity contribution is 5.75. The lowest BCUT2D eigenvalue weighted by atomic mass is 10.2. The van der Waals surface area contributed by atoms with E-state index in [-0.39, 0.29) is 0 Å². The van der Waals surface area contributed by atoms with Crippen molar-refractivity contribution in [1.82, 2.24) is 0 Å². The zero-order valence-electron chi connectivity index (χ0n) is 10.7. The number of rotatable bonds is 7. The van der Waals surface area contributed by atoms with Crippen molar-refractivity contribution in [2.75, 3.05) is 20.3 Å². The van der Waals surface area contributed by atoms with Gasteiger partial charge in [-0.1, -0.05) is 12.1 Å². The molecule has 0 heterocycles. The Kier molecular flexibility index (Phi) is 6.00. The zero-order chi connectivity index (χ0) is 13.4. The van der Waals surface area contributed by atoms with E-state index in [1.807, 2.05) is 12.1 Å². The summed E-state index contributed by atoms with van der Waals surface area (Å²) in [6, 6.07) is 6.66. The van der Waals surface area contributed by atoms with Crippen LogP contribution in [0.15, 0.2) is 24.3 Å². The quantitative estimate of drug-likeness (QED) is 0.743. The minimum absolute atomic E-state index is 0.333. The number of methoxy groups -OCH3 is 1. The fraction of sp³-hybridized carbons (Fsp3) is 0.462. The first kappa shape index (κ1) is 14.3. The Balaban J connectivity index is 2.39. The number of nitrogens with two attached hydrogens (primary N) is 1. The van der Waals surface area contributed by atoms with Gasteiger partial charge < -0.3 is 19.9 Å². The van der Waals surface area contributed by atoms with Crippen molar-refractivity contribution < 1.29 is 19.0 Å². The van der Waals surface area contributed by atoms with Gasteiger partial charge in [0.25, 0.3) is 0 Å². The number of para-hydroxylation sites is 2. The van der Waals surface area contributed by atoms with Gasteiger partial charge in [0.2, 0.25) is 0 Å². The maximum absolute atomic E-state index is 11.3. The van der Waals surface area contributed by atoms with Gasteiger partial charge >= 0.3 is 5.97 Å². The summed E-state index contributed by atoms with van der Waals surface area (Å²) in [7, 11) is 1.58. The molecule has 1 rings (SSSR count). The molecule has 100 valence electrons. The van der Waals surface area contributed by atoms with E-state index in [1.165, 1.54) is 0 Å². The van der Waals surface area contributed by atoms with Crippen LogP contribution >= 0.6 is 0 Å². The van der Waals surface area contributed by atoms with E-state index >= 15 is 0 Å². The van der Waals surface area contributed by atoms with Crippen molar-refractivity contribution in [3.8, 4) is 11.5 Å². The largest absolute Gasteiger partial charge is 0.493 e. The van der Waals surface area contributed by atoms with Crippen LogP contribution in [0.25, 0.3) is 0 Å². The highest BCUT2D eigenvalue weighted by Crippen LogP contribution is 2.25. The van der Waals surface area contributed by atoms with Crippen LogP contribution in [-0.4, -0.2) is 32.3 Å². The Morgan fingerprint density at radius 1 is 1.33 bits per heavy atom. The Morgan fingerprint density at radius 2 is 2.00 bits per heavy atom. The van der Waals surface area contributed by atoms with Gasteiger partial charge in [-0.15, -0.1) is 0 Å². The summed E-state index contributed by atoms with van der Waals surface area (Å²) in [5.74, 6) is 0.888. The summed E-state index contributed by atoms with van der Waals surface area (Å²) in [6.45, 7) is 2.41. The third-order valence-corrected chi connectivity index (χ3v) is 2.34. The van der Waals surface area contributed by atoms with E-state index in [2.05, 4.69) is 0 Å². The highest BCUT2D eigenvalue weighted by atomic mass is 16.5. The average molecular weight is 253 g/mol. The second-order valence-electron chi connectivity index (χ2n) is 3.65. The average Bonchev–Trinajstić information content (AvgIpc) is 2.39. The number of hydrogen-bond acceptors (Lipinski definition) is 5. The van der Waals surface area contributed by atoms with Crippen molar-refractivity contribution >= 4 is 5.97 Å². The van der Waals surface area contributed by atoms with Gasteiger partial charge in [0.05, 0.1) is 20.3 Å². The number of carbonyl (C=O) groups is 1. The van der Waals surface area contributed by atoms with E-state index < -0.39 is 12.0 Å². The zero-order valence-corrected chi connectivity index (χ0v) is 10.7. The molecule has 0 aromatic heterocycles. The SMILES string of the molecule is CCOC(=O)C(N)CCOc1ccccc1OC. The van der Waals surface area contributed by atoms with Gasteiger partial charge in [0.1, 0.15) is 6.04 Å². The lowest BCUT2D eigenvalue weighted by Gasteiger charge is -2.13. The minimum Gasteiger partial charge on any atom is -0.493 e. The number of benzene rings is 1. The molecule has 1 unspecified atom stereocenters. The molecular formula is C13H19NO4. The van der Waals surface area contributed by atoms with Gasteiger partial charge in [-0.2, -0.15) is 0 Å². The first-order valence-electron chi connectivity index (χ1n) is 5.87. The van der Waals surface area contributed by atoms with Crippen LogP contribution in [0.2, 0.25) is 0 Å². The molecule has 0 spiro atoms. The summed E-state index contributed by atoms with van der Waals surface area (Å²) in [4.78, 5) is 11.3. The van der Waals surface area contributed by atoms with Crippen LogP contribution in [0.1, 0.15) is 13.3 Å². The standard InChI is InChI=1S/C13H19NO4/c1-3-17-13(15)10(14)8-9-18-12-7-5-4-6-11(12)16-2/h4-7,10H,3,8-9,14H2,1-2H3. The Morgan fingerprint density at radius 3 is 2.61 bits per heavy atom. The molecule has 0 saturated heterocycles. The van der Waals surface area contributed by atoms with E-state index in [4.69, 9.17) is 19.9 Å². The van der Waals surface area contributed by atoms with Crippen LogP contribution in [0.5, 0.6) is 11.5 Å². The molecule has 5 heteroatoms. The number of ether oxygens (including phenoxy) is 3. The Labute approximate surface area is 107 Å². The molecule has 1 atom stereocenters. The van der Waals surface area contributed by atoms with Gasteiger partial charge in [-0.3, -0.25) is 4.79 Å². The van der Waals surface area contributed by atoms with Crippen LogP contribution < -0.4 is 15.2 Å². The smallest absolute Gasteiger partial charge is 0.323 e. The third-order valence-electron chi connectivity index (χ3n) is 2.34. The van der Waals surface area contributed by atoms with E-state index in [0.29, 0.717) is 31.1 Å². The van der Waals surface area contributed by atoms with Crippen molar-refractivity contribution in [3.63, 3.8) is 0 Å². The molecule has 1 aromatic carbocycles. The summed E-state index contributed by atoms with van der Waals surface area (Å²) in [5, 5.41) is 0. The Hall–Kier alpha value is -1.75. The fourth-order valence-electron chi connectivity index (χ4n) is 1.40. The summed E-state index contributed by atoms with van der Waals surface area (Å²) < 4.78 is 15.5. The Bertz CT molecular complexity index is 381. The van der Waals surface area contributed by atoms with Gasteiger partial charge in [-0.05, 0) is 19.1 Å². The molecular weight excluding hydrogens is 234 g/mol. The number of carbonyl (C=O) groups excluding carboxylic acids is 1. The van der Waals surface area contributed by atoms with Crippen LogP contribution in [0.4, 0.5) is 0 Å². The second-order valence-corrected chi connectivity index (χ2v) is 3.65. The predicted molar refractivity (Wildman–Crippen MR) is 67.7 cm³/mol. The molecule has 0 fully saturated rings. The molecule has 18 heavy (non-hydrogen) atoms.